The number of hydrogen-bond donors (Lipinski definition) is 1. The van der Waals surface area contributed by atoms with Gasteiger partial charge in [-0.25, -0.2) is 0 Å². The molecule has 0 fully saturated rings. The molecule has 0 spiro atoms. The molecule has 1 atom stereocenters. The van der Waals surface area contributed by atoms with Crippen LogP contribution in [0.25, 0.3) is 0 Å². The van der Waals surface area contributed by atoms with Gasteiger partial charge in [-0.2, -0.15) is 0 Å². The van der Waals surface area contributed by atoms with Crippen LogP contribution in [0.2, 0.25) is 18.1 Å². The fraction of sp³-hybridized carbons (Fsp3) is 0.850. The van der Waals surface area contributed by atoms with Gasteiger partial charge in [0.05, 0.1) is 34.6 Å². The van der Waals surface area contributed by atoms with E-state index in [4.69, 9.17) is 14.3 Å². The Labute approximate surface area is 186 Å². The second-order valence-electron chi connectivity index (χ2n) is 9.24. The minimum Gasteiger partial charge on any atom is -0.473 e. The van der Waals surface area contributed by atoms with Gasteiger partial charge in [-0.3, -0.25) is 9.58 Å². The van der Waals surface area contributed by atoms with Crippen LogP contribution in [0.5, 0.6) is 5.88 Å². The van der Waals surface area contributed by atoms with Crippen molar-refractivity contribution in [3.05, 3.63) is 9.26 Å². The van der Waals surface area contributed by atoms with E-state index in [1.54, 1.807) is 0 Å². The van der Waals surface area contributed by atoms with Crippen molar-refractivity contribution in [1.29, 1.82) is 0 Å². The van der Waals surface area contributed by atoms with E-state index in [0.29, 0.717) is 25.6 Å². The fourth-order valence-corrected chi connectivity index (χ4v) is 4.30. The fourth-order valence-electron chi connectivity index (χ4n) is 2.58. The maximum atomic E-state index is 9.80. The highest BCUT2D eigenvalue weighted by Crippen LogP contribution is 2.36. The minimum atomic E-state index is -1.79. The largest absolute Gasteiger partial charge is 0.473 e. The van der Waals surface area contributed by atoms with Crippen molar-refractivity contribution in [2.24, 2.45) is 0 Å². The summed E-state index contributed by atoms with van der Waals surface area (Å²) in [6, 6.07) is 0. The Hall–Kier alpha value is -0.163. The molecule has 0 aromatic carbocycles. The first-order valence-corrected chi connectivity index (χ1v) is 14.2. The van der Waals surface area contributed by atoms with Crippen LogP contribution in [0, 0.1) is 3.57 Å². The van der Waals surface area contributed by atoms with Crippen LogP contribution in [0.3, 0.4) is 0 Å². The highest BCUT2D eigenvalue weighted by atomic mass is 127. The number of aromatic nitrogens is 2. The zero-order valence-electron chi connectivity index (χ0n) is 19.2. The molecule has 8 heteroatoms. The monoisotopic (exact) mass is 525 g/mol. The van der Waals surface area contributed by atoms with Crippen LogP contribution in [0.1, 0.15) is 54.2 Å². The zero-order chi connectivity index (χ0) is 21.7. The molecule has 0 aliphatic carbocycles. The molecule has 0 amide bonds. The van der Waals surface area contributed by atoms with Gasteiger partial charge in [0.25, 0.3) is 0 Å². The van der Waals surface area contributed by atoms with Crippen molar-refractivity contribution < 1.29 is 14.3 Å². The van der Waals surface area contributed by atoms with E-state index < -0.39 is 8.32 Å². The normalized spacial score (nSPS) is 14.2. The Morgan fingerprint density at radius 2 is 1.86 bits per heavy atom. The average molecular weight is 526 g/mol. The Bertz CT molecular complexity index is 613. The lowest BCUT2D eigenvalue weighted by Gasteiger charge is -2.36. The summed E-state index contributed by atoms with van der Waals surface area (Å²) in [7, 11) is -1.79. The molecular weight excluding hydrogens is 485 g/mol. The molecule has 0 saturated carbocycles. The van der Waals surface area contributed by atoms with Crippen molar-refractivity contribution in [2.75, 3.05) is 19.7 Å². The second-order valence-corrected chi connectivity index (χ2v) is 15.1. The van der Waals surface area contributed by atoms with Crippen molar-refractivity contribution >= 4 is 30.9 Å². The highest BCUT2D eigenvalue weighted by Gasteiger charge is 2.37. The molecule has 1 heterocycles. The van der Waals surface area contributed by atoms with Crippen LogP contribution >= 0.6 is 22.6 Å². The summed E-state index contributed by atoms with van der Waals surface area (Å²) >= 11 is 2.33. The molecule has 0 saturated heterocycles. The number of nitrogens with zero attached hydrogens (tertiary/aromatic N) is 3. The summed E-state index contributed by atoms with van der Waals surface area (Å²) in [6.07, 6.45) is -0.282. The van der Waals surface area contributed by atoms with Gasteiger partial charge >= 0.3 is 0 Å². The van der Waals surface area contributed by atoms with Gasteiger partial charge in [0.15, 0.2) is 8.32 Å². The van der Waals surface area contributed by atoms with E-state index in [1.807, 2.05) is 25.5 Å². The molecule has 1 N–H and O–H groups in total. The van der Waals surface area contributed by atoms with Crippen LogP contribution < -0.4 is 4.74 Å². The molecule has 1 aromatic heterocycles. The van der Waals surface area contributed by atoms with Crippen LogP contribution in [-0.4, -0.2) is 60.0 Å². The first-order valence-electron chi connectivity index (χ1n) is 10.2. The number of aliphatic hydroxyl groups excluding tert-OH is 1. The van der Waals surface area contributed by atoms with Gasteiger partial charge in [0, 0.05) is 13.1 Å². The van der Waals surface area contributed by atoms with E-state index in [1.165, 1.54) is 0 Å². The first-order chi connectivity index (χ1) is 12.8. The summed E-state index contributed by atoms with van der Waals surface area (Å²) in [6.45, 7) is 22.9. The third-order valence-electron chi connectivity index (χ3n) is 5.23. The molecule has 0 unspecified atom stereocenters. The zero-order valence-corrected chi connectivity index (χ0v) is 22.3. The van der Waals surface area contributed by atoms with Crippen LogP contribution in [0.15, 0.2) is 0 Å². The van der Waals surface area contributed by atoms with Gasteiger partial charge in [0.1, 0.15) is 0 Å². The summed E-state index contributed by atoms with van der Waals surface area (Å²) in [5, 5.41) is 14.7. The Morgan fingerprint density at radius 1 is 1.25 bits per heavy atom. The lowest BCUT2D eigenvalue weighted by atomic mass is 10.2. The summed E-state index contributed by atoms with van der Waals surface area (Å²) < 4.78 is 15.4. The minimum absolute atomic E-state index is 0.0768. The van der Waals surface area contributed by atoms with E-state index >= 15 is 0 Å². The van der Waals surface area contributed by atoms with Crippen LogP contribution in [-0.2, 0) is 17.5 Å². The molecule has 164 valence electrons. The second kappa shape index (κ2) is 10.7. The number of likely N-dealkylation sites (N-methyl/N-ethyl adjacent to an activating group) is 1. The van der Waals surface area contributed by atoms with Gasteiger partial charge in [0.2, 0.25) is 5.88 Å². The number of aliphatic hydroxyl groups is 1. The highest BCUT2D eigenvalue weighted by molar-refractivity contribution is 14.1. The summed E-state index contributed by atoms with van der Waals surface area (Å²) in [5.74, 6) is 0.686. The molecule has 0 bridgehead atoms. The number of ether oxygens (including phenoxy) is 1. The van der Waals surface area contributed by atoms with Crippen molar-refractivity contribution in [2.45, 2.75) is 91.9 Å². The number of halogens is 1. The lowest BCUT2D eigenvalue weighted by molar-refractivity contribution is 0.123. The molecule has 1 aromatic rings. The smallest absolute Gasteiger partial charge is 0.246 e. The Morgan fingerprint density at radius 3 is 2.32 bits per heavy atom. The van der Waals surface area contributed by atoms with Gasteiger partial charge in [-0.05, 0) is 68.0 Å². The molecule has 28 heavy (non-hydrogen) atoms. The SMILES string of the molecule is CCN(Cc1c(I)c(OC(C)C)nn1CCO[Si](C)(C)C(C)(C)C)C[C@@H](C)O. The third kappa shape index (κ3) is 7.59. The molecule has 0 radical (unpaired) electrons. The van der Waals surface area contributed by atoms with Crippen molar-refractivity contribution in [3.8, 4) is 5.88 Å². The maximum absolute atomic E-state index is 9.80. The average Bonchev–Trinajstić information content (AvgIpc) is 2.80. The Balaban J connectivity index is 3.01. The summed E-state index contributed by atoms with van der Waals surface area (Å²) in [4.78, 5) is 2.23. The predicted octanol–water partition coefficient (Wildman–Crippen LogP) is 4.50. The van der Waals surface area contributed by atoms with E-state index in [9.17, 15) is 5.11 Å². The number of rotatable bonds is 11. The molecule has 1 rings (SSSR count). The molecule has 6 nitrogen and oxygen atoms in total. The van der Waals surface area contributed by atoms with E-state index in [0.717, 1.165) is 22.4 Å². The van der Waals surface area contributed by atoms with Gasteiger partial charge < -0.3 is 14.3 Å². The lowest BCUT2D eigenvalue weighted by Crippen LogP contribution is -2.41. The quantitative estimate of drug-likeness (QED) is 0.341. The van der Waals surface area contributed by atoms with Crippen molar-refractivity contribution in [3.63, 3.8) is 0 Å². The predicted molar refractivity (Wildman–Crippen MR) is 126 cm³/mol. The van der Waals surface area contributed by atoms with Crippen LogP contribution in [0.4, 0.5) is 0 Å². The van der Waals surface area contributed by atoms with E-state index in [2.05, 4.69) is 68.3 Å². The summed E-state index contributed by atoms with van der Waals surface area (Å²) in [5.41, 5.74) is 1.12. The van der Waals surface area contributed by atoms with Crippen molar-refractivity contribution in [1.82, 2.24) is 14.7 Å². The Kier molecular flexibility index (Phi) is 9.93. The van der Waals surface area contributed by atoms with Gasteiger partial charge in [-0.15, -0.1) is 5.10 Å². The maximum Gasteiger partial charge on any atom is 0.246 e. The van der Waals surface area contributed by atoms with E-state index in [-0.39, 0.29) is 17.2 Å². The third-order valence-corrected chi connectivity index (χ3v) is 10.8. The number of hydrogen-bond acceptors (Lipinski definition) is 5. The first kappa shape index (κ1) is 25.9. The molecular formula is C20H40IN3O3Si. The standard InChI is InChI=1S/C20H40IN3O3Si/c1-10-23(13-16(4)25)14-17-18(21)19(27-15(2)3)22-24(17)11-12-26-28(8,9)20(5,6)7/h15-16,25H,10-14H2,1-9H3/t16-/m1/s1. The van der Waals surface area contributed by atoms with Gasteiger partial charge in [-0.1, -0.05) is 27.7 Å². The topological polar surface area (TPSA) is 59.8 Å². The molecule has 0 aliphatic heterocycles. The molecule has 0 aliphatic rings.